The predicted octanol–water partition coefficient (Wildman–Crippen LogP) is 3.50. The molecule has 158 valence electrons. The lowest BCUT2D eigenvalue weighted by molar-refractivity contribution is -0.146. The Hall–Kier alpha value is -3.74. The fourth-order valence-corrected chi connectivity index (χ4v) is 4.23. The first kappa shape index (κ1) is 20.5. The minimum absolute atomic E-state index is 0.187. The minimum atomic E-state index is -1.12. The number of ether oxygens (including phenoxy) is 2. The molecule has 0 radical (unpaired) electrons. The number of nitrogens with zero attached hydrogens (tertiary/aromatic N) is 1. The third kappa shape index (κ3) is 3.52. The monoisotopic (exact) mass is 419 g/mol. The van der Waals surface area contributed by atoms with Gasteiger partial charge in [0.25, 0.3) is 0 Å². The maximum Gasteiger partial charge on any atom is 0.341 e. The quantitative estimate of drug-likeness (QED) is 0.719. The number of ketones is 1. The minimum Gasteiger partial charge on any atom is -0.482 e. The molecule has 0 bridgehead atoms. The maximum absolute atomic E-state index is 13.4. The first-order valence-corrected chi connectivity index (χ1v) is 9.97. The number of esters is 1. The molecule has 2 aromatic rings. The third-order valence-corrected chi connectivity index (χ3v) is 5.45. The van der Waals surface area contributed by atoms with Crippen LogP contribution in [-0.4, -0.2) is 41.8 Å². The lowest BCUT2D eigenvalue weighted by atomic mass is 9.75. The van der Waals surface area contributed by atoms with Crippen LogP contribution >= 0.6 is 0 Å². The van der Waals surface area contributed by atoms with Gasteiger partial charge in [-0.1, -0.05) is 42.5 Å². The molecule has 2 aromatic carbocycles. The van der Waals surface area contributed by atoms with E-state index >= 15 is 0 Å². The highest BCUT2D eigenvalue weighted by Crippen LogP contribution is 2.49. The van der Waals surface area contributed by atoms with Crippen molar-refractivity contribution in [3.8, 4) is 5.75 Å². The fraction of sp³-hybridized carbons (Fsp3) is 0.250. The number of hydrogen-bond acceptors (Lipinski definition) is 6. The molecule has 2 atom stereocenters. The zero-order valence-corrected chi connectivity index (χ0v) is 17.1. The molecule has 7 heteroatoms. The van der Waals surface area contributed by atoms with Gasteiger partial charge in [0, 0.05) is 33.9 Å². The van der Waals surface area contributed by atoms with Gasteiger partial charge in [-0.25, -0.2) is 4.79 Å². The largest absolute Gasteiger partial charge is 0.482 e. The second kappa shape index (κ2) is 8.18. The normalized spacial score (nSPS) is 19.4. The highest BCUT2D eigenvalue weighted by Gasteiger charge is 2.46. The second-order valence-electron chi connectivity index (χ2n) is 7.32. The molecule has 0 spiro atoms. The summed E-state index contributed by atoms with van der Waals surface area (Å²) < 4.78 is 10.8. The van der Waals surface area contributed by atoms with Crippen molar-refractivity contribution in [1.82, 2.24) is 0 Å². The molecular formula is C24H21NO6. The van der Waals surface area contributed by atoms with Crippen molar-refractivity contribution in [2.75, 3.05) is 13.2 Å². The van der Waals surface area contributed by atoms with Crippen LogP contribution in [0, 0.1) is 5.92 Å². The Bertz CT molecular complexity index is 1150. The Kier molecular flexibility index (Phi) is 5.42. The number of aliphatic carboxylic acids is 1. The average Bonchev–Trinajstić information content (AvgIpc) is 3.03. The molecule has 1 heterocycles. The van der Waals surface area contributed by atoms with Crippen LogP contribution in [0.2, 0.25) is 0 Å². The molecule has 31 heavy (non-hydrogen) atoms. The van der Waals surface area contributed by atoms with Gasteiger partial charge < -0.3 is 14.6 Å². The number of aliphatic imine (C=N–C) groups is 1. The number of rotatable bonds is 6. The van der Waals surface area contributed by atoms with E-state index < -0.39 is 30.4 Å². The van der Waals surface area contributed by atoms with Crippen molar-refractivity contribution in [3.63, 3.8) is 0 Å². The number of carboxylic acids is 1. The summed E-state index contributed by atoms with van der Waals surface area (Å²) in [6.07, 6.45) is 0. The van der Waals surface area contributed by atoms with Gasteiger partial charge in [0.1, 0.15) is 11.7 Å². The molecule has 7 nitrogen and oxygen atoms in total. The topological polar surface area (TPSA) is 102 Å². The average molecular weight is 419 g/mol. The lowest BCUT2D eigenvalue weighted by Crippen LogP contribution is -2.35. The SMILES string of the molecule is CCOC(=O)C1C(C)=NC2=C(C(=O)c3ccccc32)[C@H]1c1ccccc1OCC(=O)O. The number of carboxylic acid groups (broad SMARTS) is 1. The first-order valence-electron chi connectivity index (χ1n) is 9.97. The molecule has 1 N–H and O–H groups in total. The number of benzene rings is 2. The molecule has 4 rings (SSSR count). The molecule has 0 fully saturated rings. The van der Waals surface area contributed by atoms with Gasteiger partial charge in [-0.3, -0.25) is 14.6 Å². The van der Waals surface area contributed by atoms with Crippen molar-refractivity contribution in [2.45, 2.75) is 19.8 Å². The summed E-state index contributed by atoms with van der Waals surface area (Å²) in [7, 11) is 0. The smallest absolute Gasteiger partial charge is 0.341 e. The van der Waals surface area contributed by atoms with Crippen LogP contribution in [0.4, 0.5) is 0 Å². The number of para-hydroxylation sites is 1. The van der Waals surface area contributed by atoms with Crippen molar-refractivity contribution < 1.29 is 29.0 Å². The number of carbonyl (C=O) groups is 3. The van der Waals surface area contributed by atoms with Gasteiger partial charge in [0.05, 0.1) is 12.3 Å². The Labute approximate surface area is 179 Å². The summed E-state index contributed by atoms with van der Waals surface area (Å²) in [6, 6.07) is 14.0. The molecule has 0 saturated carbocycles. The maximum atomic E-state index is 13.4. The van der Waals surface area contributed by atoms with Gasteiger partial charge in [-0.2, -0.15) is 0 Å². The summed E-state index contributed by atoms with van der Waals surface area (Å²) in [4.78, 5) is 42.1. The molecule has 0 amide bonds. The highest BCUT2D eigenvalue weighted by atomic mass is 16.5. The Balaban J connectivity index is 1.91. The zero-order valence-electron chi connectivity index (χ0n) is 17.1. The van der Waals surface area contributed by atoms with E-state index in [1.165, 1.54) is 0 Å². The van der Waals surface area contributed by atoms with E-state index in [-0.39, 0.29) is 12.4 Å². The molecule has 1 unspecified atom stereocenters. The summed E-state index contributed by atoms with van der Waals surface area (Å²) >= 11 is 0. The van der Waals surface area contributed by atoms with Gasteiger partial charge in [0.15, 0.2) is 12.4 Å². The van der Waals surface area contributed by atoms with Crippen LogP contribution in [0.5, 0.6) is 5.75 Å². The summed E-state index contributed by atoms with van der Waals surface area (Å²) in [5.41, 5.74) is 3.26. The van der Waals surface area contributed by atoms with Crippen LogP contribution in [0.1, 0.15) is 41.3 Å². The number of carbonyl (C=O) groups excluding carboxylic acids is 2. The Morgan fingerprint density at radius 2 is 1.74 bits per heavy atom. The lowest BCUT2D eigenvalue weighted by Gasteiger charge is -2.31. The van der Waals surface area contributed by atoms with Crippen molar-refractivity contribution >= 4 is 29.1 Å². The number of hydrogen-bond donors (Lipinski definition) is 1. The third-order valence-electron chi connectivity index (χ3n) is 5.45. The zero-order chi connectivity index (χ0) is 22.1. The van der Waals surface area contributed by atoms with E-state index in [9.17, 15) is 14.4 Å². The van der Waals surface area contributed by atoms with Gasteiger partial charge in [-0.15, -0.1) is 0 Å². The fourth-order valence-electron chi connectivity index (χ4n) is 4.23. The first-order chi connectivity index (χ1) is 14.9. The van der Waals surface area contributed by atoms with Crippen LogP contribution in [-0.2, 0) is 14.3 Å². The number of fused-ring (bicyclic) bond motifs is 2. The van der Waals surface area contributed by atoms with E-state index in [2.05, 4.69) is 4.99 Å². The molecule has 0 aromatic heterocycles. The van der Waals surface area contributed by atoms with Crippen LogP contribution in [0.3, 0.4) is 0 Å². The predicted molar refractivity (Wildman–Crippen MR) is 113 cm³/mol. The van der Waals surface area contributed by atoms with E-state index in [0.29, 0.717) is 33.9 Å². The van der Waals surface area contributed by atoms with Gasteiger partial charge in [-0.05, 0) is 19.9 Å². The van der Waals surface area contributed by atoms with E-state index in [0.717, 1.165) is 5.56 Å². The molecule has 1 aliphatic heterocycles. The summed E-state index contributed by atoms with van der Waals surface area (Å²) in [5, 5.41) is 9.06. The van der Waals surface area contributed by atoms with Gasteiger partial charge >= 0.3 is 11.9 Å². The van der Waals surface area contributed by atoms with Crippen molar-refractivity contribution in [3.05, 3.63) is 70.8 Å². The van der Waals surface area contributed by atoms with Crippen LogP contribution in [0.15, 0.2) is 59.1 Å². The van der Waals surface area contributed by atoms with E-state index in [1.54, 1.807) is 50.2 Å². The van der Waals surface area contributed by atoms with Crippen molar-refractivity contribution in [1.29, 1.82) is 0 Å². The standard InChI is InChI=1S/C24H21NO6/c1-3-30-24(29)19-13(2)25-22-14-8-4-5-9-15(14)23(28)21(22)20(19)16-10-6-7-11-17(16)31-12-18(26)27/h4-11,19-20H,3,12H2,1-2H3,(H,26,27)/t19?,20-/m0/s1. The van der Waals surface area contributed by atoms with Crippen LogP contribution < -0.4 is 4.74 Å². The number of allylic oxidation sites excluding steroid dienone is 1. The van der Waals surface area contributed by atoms with Crippen molar-refractivity contribution in [2.24, 2.45) is 10.9 Å². The molecule has 1 aliphatic carbocycles. The van der Waals surface area contributed by atoms with Crippen LogP contribution in [0.25, 0.3) is 5.70 Å². The highest BCUT2D eigenvalue weighted by molar-refractivity contribution is 6.24. The summed E-state index contributed by atoms with van der Waals surface area (Å²) in [5.74, 6) is -3.05. The Morgan fingerprint density at radius 1 is 1.06 bits per heavy atom. The number of Topliss-reactive ketones (excluding diaryl/α,β-unsaturated/α-hetero) is 1. The van der Waals surface area contributed by atoms with Gasteiger partial charge in [0.2, 0.25) is 0 Å². The molecule has 2 aliphatic rings. The Morgan fingerprint density at radius 3 is 2.45 bits per heavy atom. The van der Waals surface area contributed by atoms with E-state index in [1.807, 2.05) is 12.1 Å². The summed E-state index contributed by atoms with van der Waals surface area (Å²) in [6.45, 7) is 3.10. The molecule has 0 saturated heterocycles. The van der Waals surface area contributed by atoms with E-state index in [4.69, 9.17) is 14.6 Å². The molecular weight excluding hydrogens is 398 g/mol. The second-order valence-corrected chi connectivity index (χ2v) is 7.32.